The number of rotatable bonds is 8. The van der Waals surface area contributed by atoms with E-state index in [0.717, 1.165) is 29.9 Å². The summed E-state index contributed by atoms with van der Waals surface area (Å²) in [6.45, 7) is 3.80. The van der Waals surface area contributed by atoms with Gasteiger partial charge in [-0.15, -0.1) is 0 Å². The standard InChI is InChI=1S/C22H28N2O2/c1-3-15-24(2)20-13-11-19(12-14-20)23-22(25)18-9-7-17(8-10-18)16-26-21-5-4-6-21/h7-14,21H,3-6,15-16H2,1-2H3,(H,23,25). The Hall–Kier alpha value is -2.33. The van der Waals surface area contributed by atoms with Crippen molar-refractivity contribution >= 4 is 17.3 Å². The van der Waals surface area contributed by atoms with Crippen LogP contribution in [0.3, 0.4) is 0 Å². The predicted octanol–water partition coefficient (Wildman–Crippen LogP) is 4.85. The molecule has 26 heavy (non-hydrogen) atoms. The minimum absolute atomic E-state index is 0.0916. The summed E-state index contributed by atoms with van der Waals surface area (Å²) in [5.74, 6) is -0.0916. The van der Waals surface area contributed by atoms with E-state index in [1.54, 1.807) is 0 Å². The summed E-state index contributed by atoms with van der Waals surface area (Å²) in [6.07, 6.45) is 5.16. The van der Waals surface area contributed by atoms with Crippen molar-refractivity contribution in [2.75, 3.05) is 23.8 Å². The lowest BCUT2D eigenvalue weighted by atomic mass is 9.96. The van der Waals surface area contributed by atoms with Crippen LogP contribution in [-0.2, 0) is 11.3 Å². The number of benzene rings is 2. The van der Waals surface area contributed by atoms with Crippen molar-refractivity contribution in [3.63, 3.8) is 0 Å². The Bertz CT molecular complexity index is 706. The zero-order valence-electron chi connectivity index (χ0n) is 15.7. The zero-order valence-corrected chi connectivity index (χ0v) is 15.7. The maximum Gasteiger partial charge on any atom is 0.255 e. The van der Waals surface area contributed by atoms with Gasteiger partial charge in [0.15, 0.2) is 0 Å². The number of carbonyl (C=O) groups excluding carboxylic acids is 1. The second-order valence-electron chi connectivity index (χ2n) is 6.98. The predicted molar refractivity (Wildman–Crippen MR) is 107 cm³/mol. The highest BCUT2D eigenvalue weighted by Gasteiger charge is 2.17. The number of nitrogens with one attached hydrogen (secondary N) is 1. The molecule has 1 N–H and O–H groups in total. The number of amides is 1. The van der Waals surface area contributed by atoms with Crippen LogP contribution in [0.5, 0.6) is 0 Å². The van der Waals surface area contributed by atoms with Crippen molar-refractivity contribution in [2.45, 2.75) is 45.3 Å². The molecule has 1 amide bonds. The molecule has 0 unspecified atom stereocenters. The van der Waals surface area contributed by atoms with Crippen LogP contribution in [0.1, 0.15) is 48.5 Å². The van der Waals surface area contributed by atoms with E-state index in [4.69, 9.17) is 4.74 Å². The molecule has 0 saturated heterocycles. The highest BCUT2D eigenvalue weighted by molar-refractivity contribution is 6.04. The molecule has 0 spiro atoms. The van der Waals surface area contributed by atoms with Gasteiger partial charge in [-0.3, -0.25) is 4.79 Å². The molecule has 1 fully saturated rings. The fourth-order valence-electron chi connectivity index (χ4n) is 2.97. The van der Waals surface area contributed by atoms with Crippen molar-refractivity contribution in [2.24, 2.45) is 0 Å². The maximum atomic E-state index is 12.4. The molecule has 2 aromatic carbocycles. The SMILES string of the molecule is CCCN(C)c1ccc(NC(=O)c2ccc(COC3CCC3)cc2)cc1. The highest BCUT2D eigenvalue weighted by Crippen LogP contribution is 2.23. The van der Waals surface area contributed by atoms with Crippen molar-refractivity contribution in [1.82, 2.24) is 0 Å². The fourth-order valence-corrected chi connectivity index (χ4v) is 2.97. The first-order valence-electron chi connectivity index (χ1n) is 9.49. The third-order valence-corrected chi connectivity index (χ3v) is 4.88. The van der Waals surface area contributed by atoms with E-state index in [2.05, 4.69) is 24.2 Å². The Balaban J connectivity index is 1.53. The third kappa shape index (κ3) is 4.85. The molecule has 138 valence electrons. The van der Waals surface area contributed by atoms with Crippen molar-refractivity contribution < 1.29 is 9.53 Å². The number of anilines is 2. The van der Waals surface area contributed by atoms with Crippen LogP contribution in [0.15, 0.2) is 48.5 Å². The largest absolute Gasteiger partial charge is 0.375 e. The van der Waals surface area contributed by atoms with Gasteiger partial charge >= 0.3 is 0 Å². The lowest BCUT2D eigenvalue weighted by Gasteiger charge is -2.25. The molecular formula is C22H28N2O2. The van der Waals surface area contributed by atoms with E-state index in [0.29, 0.717) is 18.3 Å². The first-order chi connectivity index (χ1) is 12.7. The molecule has 0 aromatic heterocycles. The van der Waals surface area contributed by atoms with Gasteiger partial charge in [0.1, 0.15) is 0 Å². The summed E-state index contributed by atoms with van der Waals surface area (Å²) in [5.41, 5.74) is 3.73. The quantitative estimate of drug-likeness (QED) is 0.738. The van der Waals surface area contributed by atoms with Gasteiger partial charge in [0, 0.05) is 30.5 Å². The normalized spacial score (nSPS) is 13.9. The Morgan fingerprint density at radius 1 is 1.12 bits per heavy atom. The monoisotopic (exact) mass is 352 g/mol. The maximum absolute atomic E-state index is 12.4. The number of nitrogens with zero attached hydrogens (tertiary/aromatic N) is 1. The van der Waals surface area contributed by atoms with Crippen LogP contribution in [-0.4, -0.2) is 25.6 Å². The van der Waals surface area contributed by atoms with Crippen LogP contribution < -0.4 is 10.2 Å². The Morgan fingerprint density at radius 2 is 1.81 bits per heavy atom. The second-order valence-corrected chi connectivity index (χ2v) is 6.98. The summed E-state index contributed by atoms with van der Waals surface area (Å²) in [5, 5.41) is 2.96. The van der Waals surface area contributed by atoms with E-state index in [1.165, 1.54) is 19.3 Å². The lowest BCUT2D eigenvalue weighted by Crippen LogP contribution is -2.21. The van der Waals surface area contributed by atoms with Crippen molar-refractivity contribution in [3.8, 4) is 0 Å². The molecule has 4 nitrogen and oxygen atoms in total. The molecule has 0 aliphatic heterocycles. The molecule has 3 rings (SSSR count). The topological polar surface area (TPSA) is 41.6 Å². The van der Waals surface area contributed by atoms with Crippen LogP contribution in [0.2, 0.25) is 0 Å². The Kier molecular flexibility index (Phi) is 6.29. The molecule has 0 atom stereocenters. The van der Waals surface area contributed by atoms with Gasteiger partial charge in [-0.2, -0.15) is 0 Å². The fraction of sp³-hybridized carbons (Fsp3) is 0.409. The summed E-state index contributed by atoms with van der Waals surface area (Å²) >= 11 is 0. The first-order valence-corrected chi connectivity index (χ1v) is 9.49. The number of hydrogen-bond acceptors (Lipinski definition) is 3. The van der Waals surface area contributed by atoms with Gasteiger partial charge in [-0.05, 0) is 67.6 Å². The molecule has 2 aromatic rings. The highest BCUT2D eigenvalue weighted by atomic mass is 16.5. The average molecular weight is 352 g/mol. The summed E-state index contributed by atoms with van der Waals surface area (Å²) in [4.78, 5) is 14.6. The van der Waals surface area contributed by atoms with Crippen LogP contribution >= 0.6 is 0 Å². The number of ether oxygens (including phenoxy) is 1. The van der Waals surface area contributed by atoms with Gasteiger partial charge < -0.3 is 15.0 Å². The lowest BCUT2D eigenvalue weighted by molar-refractivity contribution is -0.00866. The summed E-state index contributed by atoms with van der Waals surface area (Å²) in [7, 11) is 2.08. The Morgan fingerprint density at radius 3 is 2.38 bits per heavy atom. The molecule has 0 heterocycles. The molecular weight excluding hydrogens is 324 g/mol. The van der Waals surface area contributed by atoms with E-state index in [1.807, 2.05) is 48.5 Å². The Labute approximate surface area is 156 Å². The van der Waals surface area contributed by atoms with E-state index in [-0.39, 0.29) is 5.91 Å². The van der Waals surface area contributed by atoms with Gasteiger partial charge in [0.25, 0.3) is 5.91 Å². The molecule has 1 aliphatic rings. The van der Waals surface area contributed by atoms with Gasteiger partial charge in [-0.1, -0.05) is 19.1 Å². The van der Waals surface area contributed by atoms with E-state index in [9.17, 15) is 4.79 Å². The smallest absolute Gasteiger partial charge is 0.255 e. The van der Waals surface area contributed by atoms with Crippen molar-refractivity contribution in [3.05, 3.63) is 59.7 Å². The van der Waals surface area contributed by atoms with Crippen LogP contribution in [0.4, 0.5) is 11.4 Å². The average Bonchev–Trinajstić information content (AvgIpc) is 2.62. The molecule has 1 aliphatic carbocycles. The summed E-state index contributed by atoms with van der Waals surface area (Å²) < 4.78 is 5.80. The molecule has 0 radical (unpaired) electrons. The number of hydrogen-bond donors (Lipinski definition) is 1. The van der Waals surface area contributed by atoms with Gasteiger partial charge in [0.2, 0.25) is 0 Å². The molecule has 4 heteroatoms. The first kappa shape index (κ1) is 18.5. The minimum Gasteiger partial charge on any atom is -0.375 e. The third-order valence-electron chi connectivity index (χ3n) is 4.88. The molecule has 0 bridgehead atoms. The minimum atomic E-state index is -0.0916. The summed E-state index contributed by atoms with van der Waals surface area (Å²) in [6, 6.07) is 15.6. The van der Waals surface area contributed by atoms with Crippen molar-refractivity contribution in [1.29, 1.82) is 0 Å². The van der Waals surface area contributed by atoms with E-state index < -0.39 is 0 Å². The van der Waals surface area contributed by atoms with Gasteiger partial charge in [0.05, 0.1) is 12.7 Å². The zero-order chi connectivity index (χ0) is 18.4. The van der Waals surface area contributed by atoms with Crippen LogP contribution in [0, 0.1) is 0 Å². The number of carbonyl (C=O) groups is 1. The second kappa shape index (κ2) is 8.86. The van der Waals surface area contributed by atoms with Crippen LogP contribution in [0.25, 0.3) is 0 Å². The van der Waals surface area contributed by atoms with E-state index >= 15 is 0 Å². The van der Waals surface area contributed by atoms with Gasteiger partial charge in [-0.25, -0.2) is 0 Å². The molecule has 1 saturated carbocycles.